The maximum Gasteiger partial charge on any atom is 0.246 e. The number of amides is 2. The van der Waals surface area contributed by atoms with Gasteiger partial charge < -0.3 is 19.7 Å². The number of rotatable bonds is 6. The van der Waals surface area contributed by atoms with E-state index in [-0.39, 0.29) is 50.9 Å². The molecule has 2 amide bonds. The van der Waals surface area contributed by atoms with Crippen molar-refractivity contribution >= 4 is 33.2 Å². The SMILES string of the molecule is COc1ccccc1N1C[C@H](C(=O)Nc2ccc(F)c(S(=O)(=O)N3CCOCC3)c2)CC1=O. The second kappa shape index (κ2) is 9.46. The first-order valence-electron chi connectivity index (χ1n) is 10.4. The van der Waals surface area contributed by atoms with E-state index >= 15 is 0 Å². The number of nitrogens with one attached hydrogen (secondary N) is 1. The molecule has 11 heteroatoms. The molecule has 0 saturated carbocycles. The van der Waals surface area contributed by atoms with Crippen molar-refractivity contribution in [2.45, 2.75) is 11.3 Å². The molecule has 0 unspecified atom stereocenters. The lowest BCUT2D eigenvalue weighted by Crippen LogP contribution is -2.40. The lowest BCUT2D eigenvalue weighted by atomic mass is 10.1. The normalized spacial score (nSPS) is 19.5. The fourth-order valence-electron chi connectivity index (χ4n) is 3.92. The molecular weight excluding hydrogens is 453 g/mol. The van der Waals surface area contributed by atoms with Crippen molar-refractivity contribution < 1.29 is 31.9 Å². The number of nitrogens with zero attached hydrogens (tertiary/aromatic N) is 2. The first-order chi connectivity index (χ1) is 15.8. The Bertz CT molecular complexity index is 1170. The van der Waals surface area contributed by atoms with Gasteiger partial charge in [-0.15, -0.1) is 0 Å². The van der Waals surface area contributed by atoms with Crippen molar-refractivity contribution in [2.75, 3.05) is 50.2 Å². The standard InChI is InChI=1S/C22H24FN3O6S/c1-31-19-5-3-2-4-18(19)26-14-15(12-21(26)27)22(28)24-16-6-7-17(23)20(13-16)33(29,30)25-8-10-32-11-9-25/h2-7,13,15H,8-12,14H2,1H3,(H,24,28)/t15-/m1/s1. The summed E-state index contributed by atoms with van der Waals surface area (Å²) in [6.45, 7) is 0.860. The Morgan fingerprint density at radius 3 is 2.64 bits per heavy atom. The summed E-state index contributed by atoms with van der Waals surface area (Å²) in [5.41, 5.74) is 0.706. The van der Waals surface area contributed by atoms with Crippen LogP contribution in [0.2, 0.25) is 0 Å². The Hall–Kier alpha value is -3.02. The summed E-state index contributed by atoms with van der Waals surface area (Å²) in [5.74, 6) is -1.73. The van der Waals surface area contributed by atoms with Gasteiger partial charge in [0.05, 0.1) is 31.9 Å². The van der Waals surface area contributed by atoms with E-state index in [1.165, 1.54) is 18.1 Å². The van der Waals surface area contributed by atoms with Crippen molar-refractivity contribution in [1.29, 1.82) is 0 Å². The molecule has 2 aliphatic rings. The van der Waals surface area contributed by atoms with Crippen LogP contribution in [0.4, 0.5) is 15.8 Å². The molecule has 0 aliphatic carbocycles. The van der Waals surface area contributed by atoms with Crippen molar-refractivity contribution in [3.63, 3.8) is 0 Å². The molecule has 176 valence electrons. The number of anilines is 2. The van der Waals surface area contributed by atoms with Crippen LogP contribution >= 0.6 is 0 Å². The zero-order valence-electron chi connectivity index (χ0n) is 18.0. The van der Waals surface area contributed by atoms with Crippen LogP contribution in [0.3, 0.4) is 0 Å². The number of hydrogen-bond donors (Lipinski definition) is 1. The number of sulfonamides is 1. The molecular formula is C22H24FN3O6S. The number of methoxy groups -OCH3 is 1. The summed E-state index contributed by atoms with van der Waals surface area (Å²) in [5, 5.41) is 2.62. The average molecular weight is 478 g/mol. The van der Waals surface area contributed by atoms with Gasteiger partial charge in [-0.1, -0.05) is 12.1 Å². The van der Waals surface area contributed by atoms with Crippen molar-refractivity contribution in [3.05, 3.63) is 48.3 Å². The molecule has 2 fully saturated rings. The Morgan fingerprint density at radius 1 is 1.18 bits per heavy atom. The second-order valence-electron chi connectivity index (χ2n) is 7.73. The lowest BCUT2D eigenvalue weighted by molar-refractivity contribution is -0.122. The van der Waals surface area contributed by atoms with Gasteiger partial charge in [0.2, 0.25) is 21.8 Å². The lowest BCUT2D eigenvalue weighted by Gasteiger charge is -2.26. The predicted molar refractivity (Wildman–Crippen MR) is 118 cm³/mol. The van der Waals surface area contributed by atoms with Gasteiger partial charge >= 0.3 is 0 Å². The van der Waals surface area contributed by atoms with Gasteiger partial charge in [0.1, 0.15) is 16.5 Å². The molecule has 2 saturated heterocycles. The molecule has 0 spiro atoms. The largest absolute Gasteiger partial charge is 0.495 e. The van der Waals surface area contributed by atoms with Gasteiger partial charge in [0, 0.05) is 31.7 Å². The number of ether oxygens (including phenoxy) is 2. The third-order valence-corrected chi connectivity index (χ3v) is 7.57. The van der Waals surface area contributed by atoms with E-state index in [1.54, 1.807) is 24.3 Å². The maximum atomic E-state index is 14.4. The fraction of sp³-hybridized carbons (Fsp3) is 0.364. The Kier molecular flexibility index (Phi) is 6.63. The number of benzene rings is 2. The minimum Gasteiger partial charge on any atom is -0.495 e. The number of morpholine rings is 1. The summed E-state index contributed by atoms with van der Waals surface area (Å²) in [6, 6.07) is 10.4. The third-order valence-electron chi connectivity index (χ3n) is 5.66. The first kappa shape index (κ1) is 23.1. The number of halogens is 1. The number of carbonyl (C=O) groups is 2. The summed E-state index contributed by atoms with van der Waals surface area (Å²) >= 11 is 0. The van der Waals surface area contributed by atoms with Gasteiger partial charge in [0.25, 0.3) is 0 Å². The number of carbonyl (C=O) groups excluding carboxylic acids is 2. The topological polar surface area (TPSA) is 105 Å². The Balaban J connectivity index is 1.50. The molecule has 1 atom stereocenters. The molecule has 0 aromatic heterocycles. The first-order valence-corrected chi connectivity index (χ1v) is 11.9. The predicted octanol–water partition coefficient (Wildman–Crippen LogP) is 1.85. The Labute approximate surface area is 191 Å². The quantitative estimate of drug-likeness (QED) is 0.681. The summed E-state index contributed by atoms with van der Waals surface area (Å²) in [7, 11) is -2.58. The van der Waals surface area contributed by atoms with Gasteiger partial charge in [-0.25, -0.2) is 12.8 Å². The van der Waals surface area contributed by atoms with Crippen molar-refractivity contribution in [1.82, 2.24) is 4.31 Å². The monoisotopic (exact) mass is 477 g/mol. The molecule has 2 aromatic carbocycles. The average Bonchev–Trinajstić information content (AvgIpc) is 3.22. The second-order valence-corrected chi connectivity index (χ2v) is 9.63. The fourth-order valence-corrected chi connectivity index (χ4v) is 5.42. The maximum absolute atomic E-state index is 14.4. The summed E-state index contributed by atoms with van der Waals surface area (Å²) in [4.78, 5) is 26.4. The van der Waals surface area contributed by atoms with Gasteiger partial charge in [-0.05, 0) is 30.3 Å². The van der Waals surface area contributed by atoms with E-state index in [9.17, 15) is 22.4 Å². The van der Waals surface area contributed by atoms with Gasteiger partial charge in [-0.2, -0.15) is 4.31 Å². The molecule has 1 N–H and O–H groups in total. The minimum absolute atomic E-state index is 0.00991. The van der Waals surface area contributed by atoms with Crippen molar-refractivity contribution in [3.8, 4) is 5.75 Å². The van der Waals surface area contributed by atoms with Crippen LogP contribution in [0.15, 0.2) is 47.4 Å². The molecule has 9 nitrogen and oxygen atoms in total. The highest BCUT2D eigenvalue weighted by atomic mass is 32.2. The van der Waals surface area contributed by atoms with E-state index < -0.39 is 32.6 Å². The Morgan fingerprint density at radius 2 is 1.91 bits per heavy atom. The minimum atomic E-state index is -4.08. The van der Waals surface area contributed by atoms with Crippen LogP contribution < -0.4 is 15.0 Å². The van der Waals surface area contributed by atoms with E-state index in [1.807, 2.05) is 0 Å². The highest BCUT2D eigenvalue weighted by Gasteiger charge is 2.36. The summed E-state index contributed by atoms with van der Waals surface area (Å²) < 4.78 is 51.7. The molecule has 33 heavy (non-hydrogen) atoms. The van der Waals surface area contributed by atoms with E-state index in [0.717, 1.165) is 16.4 Å². The highest BCUT2D eigenvalue weighted by Crippen LogP contribution is 2.33. The van der Waals surface area contributed by atoms with Crippen LogP contribution in [-0.4, -0.2) is 64.5 Å². The van der Waals surface area contributed by atoms with Crippen LogP contribution in [0.25, 0.3) is 0 Å². The van der Waals surface area contributed by atoms with Crippen LogP contribution in [-0.2, 0) is 24.3 Å². The van der Waals surface area contributed by atoms with E-state index in [4.69, 9.17) is 9.47 Å². The van der Waals surface area contributed by atoms with Crippen LogP contribution in [0.1, 0.15) is 6.42 Å². The molecule has 2 aromatic rings. The molecule has 0 bridgehead atoms. The highest BCUT2D eigenvalue weighted by molar-refractivity contribution is 7.89. The third kappa shape index (κ3) is 4.70. The molecule has 2 heterocycles. The molecule has 0 radical (unpaired) electrons. The molecule has 2 aliphatic heterocycles. The van der Waals surface area contributed by atoms with Gasteiger partial charge in [0.15, 0.2) is 0 Å². The van der Waals surface area contributed by atoms with Crippen LogP contribution in [0.5, 0.6) is 5.75 Å². The van der Waals surface area contributed by atoms with Crippen molar-refractivity contribution in [2.24, 2.45) is 5.92 Å². The van der Waals surface area contributed by atoms with E-state index in [0.29, 0.717) is 11.4 Å². The number of para-hydroxylation sites is 2. The van der Waals surface area contributed by atoms with Gasteiger partial charge in [-0.3, -0.25) is 9.59 Å². The smallest absolute Gasteiger partial charge is 0.246 e. The summed E-state index contributed by atoms with van der Waals surface area (Å²) in [6.07, 6.45) is -0.00991. The zero-order chi connectivity index (χ0) is 23.6. The zero-order valence-corrected chi connectivity index (χ0v) is 18.8. The van der Waals surface area contributed by atoms with Crippen LogP contribution in [0, 0.1) is 11.7 Å². The molecule has 4 rings (SSSR count). The van der Waals surface area contributed by atoms with E-state index in [2.05, 4.69) is 5.32 Å². The number of hydrogen-bond acceptors (Lipinski definition) is 6.